The molecule has 2 aliphatic heterocycles. The number of Topliss-reactive ketones (excluding diaryl/α,β-unsaturated/α-hetero) is 1. The highest BCUT2D eigenvalue weighted by Gasteiger charge is 2.49. The van der Waals surface area contributed by atoms with Crippen molar-refractivity contribution in [3.63, 3.8) is 0 Å². The van der Waals surface area contributed by atoms with Crippen LogP contribution in [0.3, 0.4) is 0 Å². The Bertz CT molecular complexity index is 829. The van der Waals surface area contributed by atoms with Gasteiger partial charge in [0.25, 0.3) is 0 Å². The zero-order valence-electron chi connectivity index (χ0n) is 19.4. The molecule has 178 valence electrons. The van der Waals surface area contributed by atoms with Crippen molar-refractivity contribution in [3.05, 3.63) is 5.69 Å². The van der Waals surface area contributed by atoms with Crippen LogP contribution in [0.15, 0.2) is 10.3 Å². The first kappa shape index (κ1) is 24.7. The summed E-state index contributed by atoms with van der Waals surface area (Å²) < 4.78 is 17.7. The summed E-state index contributed by atoms with van der Waals surface area (Å²) in [5.41, 5.74) is 0.536. The molecule has 0 saturated carbocycles. The molecule has 3 rings (SSSR count). The van der Waals surface area contributed by atoms with E-state index in [1.807, 2.05) is 18.2 Å². The van der Waals surface area contributed by atoms with E-state index in [1.165, 1.54) is 11.8 Å². The maximum absolute atomic E-state index is 13.9. The topological polar surface area (TPSA) is 106 Å². The third-order valence-corrected chi connectivity index (χ3v) is 6.42. The Balaban J connectivity index is 2.07. The smallest absolute Gasteiger partial charge is 0.229 e. The molecule has 1 aromatic rings. The lowest BCUT2D eigenvalue weighted by Gasteiger charge is -2.32. The van der Waals surface area contributed by atoms with Gasteiger partial charge in [-0.05, 0) is 19.1 Å². The lowest BCUT2D eigenvalue weighted by Crippen LogP contribution is -2.46. The van der Waals surface area contributed by atoms with Crippen molar-refractivity contribution < 1.29 is 24.2 Å². The molecule has 0 radical (unpaired) electrons. The molecule has 1 unspecified atom stereocenters. The maximum atomic E-state index is 13.9. The summed E-state index contributed by atoms with van der Waals surface area (Å²) in [6.45, 7) is 6.00. The van der Waals surface area contributed by atoms with Crippen LogP contribution in [0.4, 0.5) is 5.82 Å². The predicted octanol–water partition coefficient (Wildman–Crippen LogP) is 3.51. The molecule has 1 saturated heterocycles. The first-order valence-electron chi connectivity index (χ1n) is 11.4. The molecular formula is C22H34N4O5S. The van der Waals surface area contributed by atoms with Crippen LogP contribution in [0, 0.1) is 5.92 Å². The van der Waals surface area contributed by atoms with Gasteiger partial charge in [0.2, 0.25) is 11.6 Å². The molecule has 32 heavy (non-hydrogen) atoms. The molecule has 0 bridgehead atoms. The zero-order valence-corrected chi connectivity index (χ0v) is 20.2. The fourth-order valence-corrected chi connectivity index (χ4v) is 4.45. The molecule has 1 fully saturated rings. The molecule has 0 amide bonds. The van der Waals surface area contributed by atoms with Gasteiger partial charge >= 0.3 is 0 Å². The molecule has 0 spiro atoms. The van der Waals surface area contributed by atoms with Gasteiger partial charge in [-0.2, -0.15) is 0 Å². The molecular weight excluding hydrogens is 432 g/mol. The highest BCUT2D eigenvalue weighted by atomic mass is 32.2. The number of ketones is 1. The Kier molecular flexibility index (Phi) is 8.72. The number of fused-ring (bicyclic) bond motifs is 1. The number of hydrogen-bond acceptors (Lipinski definition) is 10. The van der Waals surface area contributed by atoms with Crippen LogP contribution in [0.1, 0.15) is 58.1 Å². The number of unbranched alkanes of at least 4 members (excludes halogenated alkanes) is 2. The third-order valence-electron chi connectivity index (χ3n) is 5.88. The van der Waals surface area contributed by atoms with Gasteiger partial charge in [0.15, 0.2) is 16.7 Å². The van der Waals surface area contributed by atoms with Gasteiger partial charge in [0.1, 0.15) is 18.0 Å². The number of nitrogens with zero attached hydrogens (tertiary/aromatic N) is 4. The van der Waals surface area contributed by atoms with Crippen molar-refractivity contribution in [2.75, 3.05) is 44.6 Å². The predicted molar refractivity (Wildman–Crippen MR) is 123 cm³/mol. The summed E-state index contributed by atoms with van der Waals surface area (Å²) in [7, 11) is 1.93. The monoisotopic (exact) mass is 466 g/mol. The average molecular weight is 467 g/mol. The number of thioether (sulfide) groups is 1. The summed E-state index contributed by atoms with van der Waals surface area (Å²) in [6.07, 6.45) is 6.24. The Morgan fingerprint density at radius 2 is 1.94 bits per heavy atom. The summed E-state index contributed by atoms with van der Waals surface area (Å²) >= 11 is 1.38. The standard InChI is InChI=1S/C22H34N4O5S/c1-5-7-9-15(19(27)22(10-8-6-2)30-13-14-31-22)16(25-28)17-18-20(24-21(23-17)32-4)26(3)11-12-29-18/h15,28H,5-14H2,1-4H3/b25-16-. The number of ether oxygens (including phenoxy) is 3. The summed E-state index contributed by atoms with van der Waals surface area (Å²) in [6, 6.07) is 0. The second-order valence-electron chi connectivity index (χ2n) is 8.08. The molecule has 0 aliphatic carbocycles. The Morgan fingerprint density at radius 3 is 2.56 bits per heavy atom. The van der Waals surface area contributed by atoms with Crippen LogP contribution in [0.25, 0.3) is 0 Å². The number of anilines is 1. The van der Waals surface area contributed by atoms with Gasteiger partial charge in [-0.3, -0.25) is 4.79 Å². The molecule has 1 atom stereocenters. The first-order valence-corrected chi connectivity index (χ1v) is 12.6. The molecule has 3 heterocycles. The fraction of sp³-hybridized carbons (Fsp3) is 0.727. The SMILES string of the molecule is CCCCC(C(=O)C1(CCCC)OCCO1)/C(=N/O)c1nc(SC)nc2c1OCCN2C. The van der Waals surface area contributed by atoms with Crippen molar-refractivity contribution >= 4 is 29.1 Å². The van der Waals surface area contributed by atoms with E-state index in [4.69, 9.17) is 14.2 Å². The van der Waals surface area contributed by atoms with Gasteiger partial charge in [0.05, 0.1) is 25.7 Å². The van der Waals surface area contributed by atoms with Crippen molar-refractivity contribution in [2.45, 2.75) is 63.3 Å². The number of rotatable bonds is 11. The molecule has 10 heteroatoms. The van der Waals surface area contributed by atoms with Crippen LogP contribution < -0.4 is 9.64 Å². The van der Waals surface area contributed by atoms with Crippen LogP contribution in [0.5, 0.6) is 5.75 Å². The van der Waals surface area contributed by atoms with Gasteiger partial charge < -0.3 is 24.3 Å². The first-order chi connectivity index (χ1) is 15.5. The molecule has 2 aliphatic rings. The summed E-state index contributed by atoms with van der Waals surface area (Å²) in [4.78, 5) is 25.1. The number of likely N-dealkylation sites (N-methyl/N-ethyl adjacent to an activating group) is 1. The van der Waals surface area contributed by atoms with Crippen molar-refractivity contribution in [3.8, 4) is 5.75 Å². The van der Waals surface area contributed by atoms with E-state index in [9.17, 15) is 10.0 Å². The van der Waals surface area contributed by atoms with Crippen LogP contribution in [0.2, 0.25) is 0 Å². The van der Waals surface area contributed by atoms with Crippen molar-refractivity contribution in [1.29, 1.82) is 0 Å². The van der Waals surface area contributed by atoms with Crippen LogP contribution in [-0.2, 0) is 14.3 Å². The minimum Gasteiger partial charge on any atom is -0.486 e. The average Bonchev–Trinajstić information content (AvgIpc) is 3.30. The van der Waals surface area contributed by atoms with Crippen LogP contribution >= 0.6 is 11.8 Å². The molecule has 9 nitrogen and oxygen atoms in total. The largest absolute Gasteiger partial charge is 0.486 e. The maximum Gasteiger partial charge on any atom is 0.229 e. The van der Waals surface area contributed by atoms with E-state index in [0.29, 0.717) is 61.6 Å². The number of carbonyl (C=O) groups is 1. The number of hydrogen-bond donors (Lipinski definition) is 1. The minimum absolute atomic E-state index is 0.183. The molecule has 1 N–H and O–H groups in total. The Hall–Kier alpha value is -1.91. The highest BCUT2D eigenvalue weighted by Crippen LogP contribution is 2.38. The highest BCUT2D eigenvalue weighted by molar-refractivity contribution is 7.98. The van der Waals surface area contributed by atoms with Crippen molar-refractivity contribution in [1.82, 2.24) is 9.97 Å². The van der Waals surface area contributed by atoms with E-state index in [-0.39, 0.29) is 11.5 Å². The van der Waals surface area contributed by atoms with E-state index < -0.39 is 11.7 Å². The van der Waals surface area contributed by atoms with Gasteiger partial charge in [-0.1, -0.05) is 50.0 Å². The third kappa shape index (κ3) is 5.02. The number of oxime groups is 1. The second-order valence-corrected chi connectivity index (χ2v) is 8.85. The van der Waals surface area contributed by atoms with E-state index in [1.54, 1.807) is 0 Å². The Labute approximate surface area is 193 Å². The quantitative estimate of drug-likeness (QED) is 0.172. The summed E-state index contributed by atoms with van der Waals surface area (Å²) in [5.74, 6) is -1.19. The second kappa shape index (κ2) is 11.3. The van der Waals surface area contributed by atoms with Crippen molar-refractivity contribution in [2.24, 2.45) is 11.1 Å². The lowest BCUT2D eigenvalue weighted by atomic mass is 9.84. The zero-order chi connectivity index (χ0) is 23.1. The minimum atomic E-state index is -1.31. The van der Waals surface area contributed by atoms with Gasteiger partial charge in [-0.15, -0.1) is 0 Å². The lowest BCUT2D eigenvalue weighted by molar-refractivity contribution is -0.185. The number of aromatic nitrogens is 2. The molecule has 1 aromatic heterocycles. The fourth-order valence-electron chi connectivity index (χ4n) is 4.09. The van der Waals surface area contributed by atoms with Gasteiger partial charge in [-0.25, -0.2) is 9.97 Å². The van der Waals surface area contributed by atoms with E-state index in [2.05, 4.69) is 29.0 Å². The van der Waals surface area contributed by atoms with Crippen LogP contribution in [-0.4, -0.2) is 72.1 Å². The number of carbonyl (C=O) groups excluding carboxylic acids is 1. The van der Waals surface area contributed by atoms with Gasteiger partial charge in [0, 0.05) is 13.5 Å². The Morgan fingerprint density at radius 1 is 1.22 bits per heavy atom. The van der Waals surface area contributed by atoms with E-state index >= 15 is 0 Å². The molecule has 0 aromatic carbocycles. The van der Waals surface area contributed by atoms with E-state index in [0.717, 1.165) is 25.7 Å². The summed E-state index contributed by atoms with van der Waals surface area (Å²) in [5, 5.41) is 14.3. The normalized spacial score (nSPS) is 18.9.